The average molecular weight is 430 g/mol. The van der Waals surface area contributed by atoms with Gasteiger partial charge in [-0.15, -0.1) is 0 Å². The lowest BCUT2D eigenvalue weighted by Gasteiger charge is -2.34. The van der Waals surface area contributed by atoms with Gasteiger partial charge in [0.25, 0.3) is 0 Å². The highest BCUT2D eigenvalue weighted by atomic mass is 16.6. The SMILES string of the molecule is NCCc1cccc(-c2cccc(CN3CCN(C(=O)OCc4ccccc4)CC3)c2)c1. The normalized spacial score (nSPS) is 14.3. The fourth-order valence-electron chi connectivity index (χ4n) is 4.08. The minimum Gasteiger partial charge on any atom is -0.445 e. The van der Waals surface area contributed by atoms with Crippen LogP contribution in [0.5, 0.6) is 0 Å². The van der Waals surface area contributed by atoms with Crippen LogP contribution in [0, 0.1) is 0 Å². The van der Waals surface area contributed by atoms with Crippen molar-refractivity contribution >= 4 is 6.09 Å². The lowest BCUT2D eigenvalue weighted by molar-refractivity contribution is 0.0700. The van der Waals surface area contributed by atoms with E-state index < -0.39 is 0 Å². The number of amides is 1. The van der Waals surface area contributed by atoms with Crippen LogP contribution in [0.2, 0.25) is 0 Å². The van der Waals surface area contributed by atoms with Gasteiger partial charge >= 0.3 is 6.09 Å². The Hall–Kier alpha value is -3.15. The topological polar surface area (TPSA) is 58.8 Å². The summed E-state index contributed by atoms with van der Waals surface area (Å²) in [4.78, 5) is 16.6. The summed E-state index contributed by atoms with van der Waals surface area (Å²) >= 11 is 0. The molecule has 1 fully saturated rings. The molecule has 5 heteroatoms. The smallest absolute Gasteiger partial charge is 0.410 e. The van der Waals surface area contributed by atoms with Crippen molar-refractivity contribution in [3.8, 4) is 11.1 Å². The predicted octanol–water partition coefficient (Wildman–Crippen LogP) is 4.31. The van der Waals surface area contributed by atoms with Crippen molar-refractivity contribution in [2.45, 2.75) is 19.6 Å². The van der Waals surface area contributed by atoms with E-state index in [-0.39, 0.29) is 6.09 Å². The van der Waals surface area contributed by atoms with Crippen LogP contribution in [0.3, 0.4) is 0 Å². The Labute approximate surface area is 190 Å². The predicted molar refractivity (Wildman–Crippen MR) is 128 cm³/mol. The highest BCUT2D eigenvalue weighted by Crippen LogP contribution is 2.23. The number of hydrogen-bond acceptors (Lipinski definition) is 4. The van der Waals surface area contributed by atoms with E-state index in [9.17, 15) is 4.79 Å². The second-order valence-electron chi connectivity index (χ2n) is 8.24. The van der Waals surface area contributed by atoms with Crippen molar-refractivity contribution in [2.24, 2.45) is 5.73 Å². The van der Waals surface area contributed by atoms with Gasteiger partial charge in [-0.05, 0) is 46.8 Å². The first-order valence-electron chi connectivity index (χ1n) is 11.3. The quantitative estimate of drug-likeness (QED) is 0.608. The van der Waals surface area contributed by atoms with Crippen molar-refractivity contribution in [3.63, 3.8) is 0 Å². The Balaban J connectivity index is 1.29. The third kappa shape index (κ3) is 5.96. The molecule has 0 spiro atoms. The second-order valence-corrected chi connectivity index (χ2v) is 8.24. The molecular weight excluding hydrogens is 398 g/mol. The van der Waals surface area contributed by atoms with Gasteiger partial charge in [0, 0.05) is 32.7 Å². The van der Waals surface area contributed by atoms with Crippen molar-refractivity contribution in [2.75, 3.05) is 32.7 Å². The highest BCUT2D eigenvalue weighted by Gasteiger charge is 2.22. The largest absolute Gasteiger partial charge is 0.445 e. The number of ether oxygens (including phenoxy) is 1. The van der Waals surface area contributed by atoms with E-state index >= 15 is 0 Å². The summed E-state index contributed by atoms with van der Waals surface area (Å²) < 4.78 is 5.47. The Morgan fingerprint density at radius 3 is 2.09 bits per heavy atom. The molecular formula is C27H31N3O2. The van der Waals surface area contributed by atoms with Gasteiger partial charge < -0.3 is 15.4 Å². The van der Waals surface area contributed by atoms with Crippen molar-refractivity contribution in [1.82, 2.24) is 9.80 Å². The van der Waals surface area contributed by atoms with Crippen molar-refractivity contribution < 1.29 is 9.53 Å². The van der Waals surface area contributed by atoms with E-state index in [0.717, 1.165) is 31.6 Å². The lowest BCUT2D eigenvalue weighted by Crippen LogP contribution is -2.48. The first kappa shape index (κ1) is 22.1. The molecule has 1 heterocycles. The summed E-state index contributed by atoms with van der Waals surface area (Å²) in [5, 5.41) is 0. The number of benzene rings is 3. The van der Waals surface area contributed by atoms with E-state index in [4.69, 9.17) is 10.5 Å². The number of nitrogens with two attached hydrogens (primary N) is 1. The molecule has 3 aromatic carbocycles. The van der Waals surface area contributed by atoms with Crippen LogP contribution in [0.4, 0.5) is 4.79 Å². The lowest BCUT2D eigenvalue weighted by atomic mass is 10.00. The number of hydrogen-bond donors (Lipinski definition) is 1. The van der Waals surface area contributed by atoms with Crippen LogP contribution in [0.15, 0.2) is 78.9 Å². The highest BCUT2D eigenvalue weighted by molar-refractivity contribution is 5.68. The van der Waals surface area contributed by atoms with Crippen LogP contribution >= 0.6 is 0 Å². The zero-order valence-corrected chi connectivity index (χ0v) is 18.5. The maximum absolute atomic E-state index is 12.4. The van der Waals surface area contributed by atoms with E-state index in [1.165, 1.54) is 22.3 Å². The summed E-state index contributed by atoms with van der Waals surface area (Å²) in [6, 6.07) is 27.1. The van der Waals surface area contributed by atoms with E-state index in [1.807, 2.05) is 30.3 Å². The van der Waals surface area contributed by atoms with Crippen LogP contribution in [0.25, 0.3) is 11.1 Å². The van der Waals surface area contributed by atoms with Crippen molar-refractivity contribution in [3.05, 3.63) is 95.6 Å². The van der Waals surface area contributed by atoms with Crippen molar-refractivity contribution in [1.29, 1.82) is 0 Å². The van der Waals surface area contributed by atoms with Gasteiger partial charge in [-0.25, -0.2) is 4.79 Å². The van der Waals surface area contributed by atoms with E-state index in [2.05, 4.69) is 53.4 Å². The van der Waals surface area contributed by atoms with Gasteiger partial charge in [-0.3, -0.25) is 4.90 Å². The first-order chi connectivity index (χ1) is 15.7. The molecule has 0 aliphatic carbocycles. The zero-order valence-electron chi connectivity index (χ0n) is 18.5. The summed E-state index contributed by atoms with van der Waals surface area (Å²) in [7, 11) is 0. The van der Waals surface area contributed by atoms with Gasteiger partial charge in [0.15, 0.2) is 0 Å². The summed E-state index contributed by atoms with van der Waals surface area (Å²) in [6.07, 6.45) is 0.666. The Bertz CT molecular complexity index is 1010. The number of nitrogens with zero attached hydrogens (tertiary/aromatic N) is 2. The third-order valence-electron chi connectivity index (χ3n) is 5.86. The maximum atomic E-state index is 12.4. The Morgan fingerprint density at radius 1 is 0.781 bits per heavy atom. The molecule has 0 bridgehead atoms. The number of rotatable bonds is 7. The van der Waals surface area contributed by atoms with E-state index in [1.54, 1.807) is 4.90 Å². The monoisotopic (exact) mass is 429 g/mol. The van der Waals surface area contributed by atoms with Crippen LogP contribution in [-0.2, 0) is 24.3 Å². The summed E-state index contributed by atoms with van der Waals surface area (Å²) in [5.41, 5.74) is 11.7. The van der Waals surface area contributed by atoms with Crippen LogP contribution in [-0.4, -0.2) is 48.6 Å². The standard InChI is InChI=1S/C27H31N3O2/c28-13-12-22-8-4-10-25(18-22)26-11-5-9-24(19-26)20-29-14-16-30(17-15-29)27(31)32-21-23-6-2-1-3-7-23/h1-11,18-19H,12-17,20-21,28H2. The van der Waals surface area contributed by atoms with Gasteiger partial charge in [0.2, 0.25) is 0 Å². The van der Waals surface area contributed by atoms with Gasteiger partial charge in [0.05, 0.1) is 0 Å². The first-order valence-corrected chi connectivity index (χ1v) is 11.3. The Morgan fingerprint density at radius 2 is 1.41 bits per heavy atom. The average Bonchev–Trinajstić information content (AvgIpc) is 2.84. The van der Waals surface area contributed by atoms with Crippen LogP contribution in [0.1, 0.15) is 16.7 Å². The summed E-state index contributed by atoms with van der Waals surface area (Å²) in [6.45, 7) is 4.92. The third-order valence-corrected chi connectivity index (χ3v) is 5.86. The molecule has 1 amide bonds. The molecule has 32 heavy (non-hydrogen) atoms. The van der Waals surface area contributed by atoms with Gasteiger partial charge in [-0.2, -0.15) is 0 Å². The molecule has 1 saturated heterocycles. The fourth-order valence-corrected chi connectivity index (χ4v) is 4.08. The molecule has 0 aromatic heterocycles. The second kappa shape index (κ2) is 10.9. The number of carbonyl (C=O) groups excluding carboxylic acids is 1. The molecule has 166 valence electrons. The molecule has 0 atom stereocenters. The van der Waals surface area contributed by atoms with E-state index in [0.29, 0.717) is 26.2 Å². The molecule has 1 aliphatic heterocycles. The minimum atomic E-state index is -0.229. The molecule has 0 radical (unpaired) electrons. The summed E-state index contributed by atoms with van der Waals surface area (Å²) in [5.74, 6) is 0. The molecule has 0 saturated carbocycles. The molecule has 2 N–H and O–H groups in total. The maximum Gasteiger partial charge on any atom is 0.410 e. The van der Waals surface area contributed by atoms with Gasteiger partial charge in [0.1, 0.15) is 6.61 Å². The molecule has 5 nitrogen and oxygen atoms in total. The van der Waals surface area contributed by atoms with Gasteiger partial charge in [-0.1, -0.05) is 72.8 Å². The van der Waals surface area contributed by atoms with Crippen LogP contribution < -0.4 is 5.73 Å². The molecule has 3 aromatic rings. The molecule has 0 unspecified atom stereocenters. The molecule has 4 rings (SSSR count). The number of carbonyl (C=O) groups is 1. The zero-order chi connectivity index (χ0) is 22.2. The molecule has 1 aliphatic rings. The Kier molecular flexibility index (Phi) is 7.54. The number of piperazine rings is 1. The fraction of sp³-hybridized carbons (Fsp3) is 0.296. The minimum absolute atomic E-state index is 0.229.